The summed E-state index contributed by atoms with van der Waals surface area (Å²) in [5.41, 5.74) is 0. The van der Waals surface area contributed by atoms with Crippen LogP contribution in [0.1, 0.15) is 52.9 Å². The molecular weight excluding hydrogens is 216 g/mol. The van der Waals surface area contributed by atoms with Gasteiger partial charge in [-0.15, -0.1) is 0 Å². The summed E-state index contributed by atoms with van der Waals surface area (Å²) in [6.07, 6.45) is 5.79. The molecule has 4 nitrogen and oxygen atoms in total. The third-order valence-electron chi connectivity index (χ3n) is 3.26. The van der Waals surface area contributed by atoms with Crippen molar-refractivity contribution in [2.75, 3.05) is 0 Å². The molecule has 0 aromatic carbocycles. The van der Waals surface area contributed by atoms with Gasteiger partial charge in [0, 0.05) is 13.0 Å². The monoisotopic (exact) mass is 240 g/mol. The summed E-state index contributed by atoms with van der Waals surface area (Å²) in [6, 6.07) is -0.110. The molecule has 17 heavy (non-hydrogen) atoms. The fourth-order valence-corrected chi connectivity index (χ4v) is 2.29. The van der Waals surface area contributed by atoms with Crippen molar-refractivity contribution in [3.8, 4) is 0 Å². The maximum atomic E-state index is 12.1. The Morgan fingerprint density at radius 1 is 1.12 bits per heavy atom. The second-order valence-electron chi connectivity index (χ2n) is 5.27. The molecule has 2 N–H and O–H groups in total. The van der Waals surface area contributed by atoms with Crippen LogP contribution >= 0.6 is 0 Å². The van der Waals surface area contributed by atoms with Gasteiger partial charge in [0.05, 0.1) is 0 Å². The van der Waals surface area contributed by atoms with Gasteiger partial charge in [0.1, 0.15) is 6.04 Å². The molecular formula is C13H24N2O2. The number of carbonyl (C=O) groups excluding carboxylic acids is 2. The number of carbonyl (C=O) groups is 2. The highest BCUT2D eigenvalue weighted by Gasteiger charge is 2.25. The Bertz CT molecular complexity index is 271. The zero-order valence-corrected chi connectivity index (χ0v) is 11.1. The van der Waals surface area contributed by atoms with Crippen LogP contribution in [0, 0.1) is 5.92 Å². The van der Waals surface area contributed by atoms with E-state index in [-0.39, 0.29) is 17.7 Å². The van der Waals surface area contributed by atoms with Crippen LogP contribution in [0.3, 0.4) is 0 Å². The average molecular weight is 240 g/mol. The summed E-state index contributed by atoms with van der Waals surface area (Å²) in [4.78, 5) is 23.1. The van der Waals surface area contributed by atoms with E-state index in [1.54, 1.807) is 0 Å². The maximum Gasteiger partial charge on any atom is 0.243 e. The third kappa shape index (κ3) is 4.75. The van der Waals surface area contributed by atoms with Gasteiger partial charge in [-0.2, -0.15) is 0 Å². The number of hydrogen-bond acceptors (Lipinski definition) is 2. The smallest absolute Gasteiger partial charge is 0.243 e. The predicted molar refractivity (Wildman–Crippen MR) is 67.5 cm³/mol. The number of amides is 2. The molecule has 0 heterocycles. The van der Waals surface area contributed by atoms with Gasteiger partial charge in [-0.3, -0.25) is 9.59 Å². The van der Waals surface area contributed by atoms with Crippen molar-refractivity contribution >= 4 is 11.8 Å². The van der Waals surface area contributed by atoms with E-state index in [1.165, 1.54) is 26.2 Å². The lowest BCUT2D eigenvalue weighted by Crippen LogP contribution is -2.51. The van der Waals surface area contributed by atoms with E-state index in [0.29, 0.717) is 6.04 Å². The fourth-order valence-electron chi connectivity index (χ4n) is 2.29. The molecule has 4 heteroatoms. The number of hydrogen-bond donors (Lipinski definition) is 2. The first-order valence-corrected chi connectivity index (χ1v) is 6.58. The molecule has 1 aliphatic carbocycles. The van der Waals surface area contributed by atoms with Crippen molar-refractivity contribution in [1.29, 1.82) is 0 Å². The van der Waals surface area contributed by atoms with E-state index >= 15 is 0 Å². The zero-order chi connectivity index (χ0) is 12.8. The molecule has 0 aliphatic heterocycles. The van der Waals surface area contributed by atoms with Crippen molar-refractivity contribution in [2.24, 2.45) is 5.92 Å². The maximum absolute atomic E-state index is 12.1. The SMILES string of the molecule is CC(=O)NC(C(=O)NC1CCCCC1)C(C)C. The summed E-state index contributed by atoms with van der Waals surface area (Å²) in [6.45, 7) is 5.34. The highest BCUT2D eigenvalue weighted by atomic mass is 16.2. The van der Waals surface area contributed by atoms with Gasteiger partial charge in [0.2, 0.25) is 11.8 Å². The van der Waals surface area contributed by atoms with Crippen LogP contribution < -0.4 is 10.6 Å². The topological polar surface area (TPSA) is 58.2 Å². The minimum Gasteiger partial charge on any atom is -0.352 e. The van der Waals surface area contributed by atoms with Gasteiger partial charge in [0.25, 0.3) is 0 Å². The first-order chi connectivity index (χ1) is 8.00. The predicted octanol–water partition coefficient (Wildman–Crippen LogP) is 1.60. The van der Waals surface area contributed by atoms with E-state index < -0.39 is 6.04 Å². The van der Waals surface area contributed by atoms with E-state index in [4.69, 9.17) is 0 Å². The van der Waals surface area contributed by atoms with Crippen LogP contribution in [0.2, 0.25) is 0 Å². The Labute approximate surface area is 104 Å². The quantitative estimate of drug-likeness (QED) is 0.784. The second kappa shape index (κ2) is 6.62. The molecule has 0 bridgehead atoms. The van der Waals surface area contributed by atoms with Gasteiger partial charge < -0.3 is 10.6 Å². The molecule has 0 spiro atoms. The van der Waals surface area contributed by atoms with E-state index in [1.807, 2.05) is 13.8 Å². The molecule has 98 valence electrons. The molecule has 1 unspecified atom stereocenters. The van der Waals surface area contributed by atoms with Crippen LogP contribution in [-0.4, -0.2) is 23.9 Å². The van der Waals surface area contributed by atoms with E-state index in [2.05, 4.69) is 10.6 Å². The Morgan fingerprint density at radius 2 is 1.71 bits per heavy atom. The fraction of sp³-hybridized carbons (Fsp3) is 0.846. The second-order valence-corrected chi connectivity index (χ2v) is 5.27. The van der Waals surface area contributed by atoms with Crippen molar-refractivity contribution < 1.29 is 9.59 Å². The summed E-state index contributed by atoms with van der Waals surface area (Å²) in [5, 5.41) is 5.77. The van der Waals surface area contributed by atoms with Crippen molar-refractivity contribution in [3.63, 3.8) is 0 Å². The van der Waals surface area contributed by atoms with Gasteiger partial charge in [-0.05, 0) is 18.8 Å². The summed E-state index contributed by atoms with van der Waals surface area (Å²) < 4.78 is 0. The molecule has 0 aromatic heterocycles. The largest absolute Gasteiger partial charge is 0.352 e. The Balaban J connectivity index is 2.49. The lowest BCUT2D eigenvalue weighted by Gasteiger charge is -2.27. The molecule has 1 aliphatic rings. The molecule has 1 fully saturated rings. The highest BCUT2D eigenvalue weighted by Crippen LogP contribution is 2.17. The lowest BCUT2D eigenvalue weighted by atomic mass is 9.94. The van der Waals surface area contributed by atoms with Gasteiger partial charge in [0.15, 0.2) is 0 Å². The first kappa shape index (κ1) is 14.0. The molecule has 0 radical (unpaired) electrons. The minimum atomic E-state index is -0.408. The first-order valence-electron chi connectivity index (χ1n) is 6.58. The summed E-state index contributed by atoms with van der Waals surface area (Å²) >= 11 is 0. The average Bonchev–Trinajstić information content (AvgIpc) is 2.26. The summed E-state index contributed by atoms with van der Waals surface area (Å²) in [5.74, 6) is -0.0768. The van der Waals surface area contributed by atoms with Crippen LogP contribution in [0.5, 0.6) is 0 Å². The molecule has 2 amide bonds. The Kier molecular flexibility index (Phi) is 5.45. The third-order valence-corrected chi connectivity index (χ3v) is 3.26. The van der Waals surface area contributed by atoms with Crippen molar-refractivity contribution in [2.45, 2.75) is 65.0 Å². The molecule has 1 rings (SSSR count). The number of nitrogens with one attached hydrogen (secondary N) is 2. The van der Waals surface area contributed by atoms with Gasteiger partial charge >= 0.3 is 0 Å². The minimum absolute atomic E-state index is 0.0397. The Hall–Kier alpha value is -1.06. The molecule has 1 atom stereocenters. The highest BCUT2D eigenvalue weighted by molar-refractivity contribution is 5.87. The van der Waals surface area contributed by atoms with Crippen molar-refractivity contribution in [1.82, 2.24) is 10.6 Å². The number of rotatable bonds is 4. The van der Waals surface area contributed by atoms with Crippen LogP contribution in [0.25, 0.3) is 0 Å². The summed E-state index contributed by atoms with van der Waals surface area (Å²) in [7, 11) is 0. The molecule has 0 aromatic rings. The van der Waals surface area contributed by atoms with Crippen molar-refractivity contribution in [3.05, 3.63) is 0 Å². The molecule has 0 saturated heterocycles. The van der Waals surface area contributed by atoms with Crippen LogP contribution in [0.15, 0.2) is 0 Å². The lowest BCUT2D eigenvalue weighted by molar-refractivity contribution is -0.129. The van der Waals surface area contributed by atoms with Gasteiger partial charge in [-0.25, -0.2) is 0 Å². The zero-order valence-electron chi connectivity index (χ0n) is 11.1. The van der Waals surface area contributed by atoms with E-state index in [0.717, 1.165) is 12.8 Å². The standard InChI is InChI=1S/C13H24N2O2/c1-9(2)12(14-10(3)16)13(17)15-11-7-5-4-6-8-11/h9,11-12H,4-8H2,1-3H3,(H,14,16)(H,15,17). The van der Waals surface area contributed by atoms with Crippen LogP contribution in [0.4, 0.5) is 0 Å². The normalized spacial score (nSPS) is 18.8. The van der Waals surface area contributed by atoms with Crippen LogP contribution in [-0.2, 0) is 9.59 Å². The van der Waals surface area contributed by atoms with E-state index in [9.17, 15) is 9.59 Å². The molecule has 1 saturated carbocycles. The van der Waals surface area contributed by atoms with Gasteiger partial charge in [-0.1, -0.05) is 33.1 Å². The Morgan fingerprint density at radius 3 is 2.18 bits per heavy atom.